The lowest BCUT2D eigenvalue weighted by Crippen LogP contribution is -2.46. The number of rotatable bonds is 4. The average Bonchev–Trinajstić information content (AvgIpc) is 3.18. The molecule has 1 aliphatic carbocycles. The van der Waals surface area contributed by atoms with E-state index in [9.17, 15) is 9.59 Å². The first-order chi connectivity index (χ1) is 14.1. The molecule has 1 fully saturated rings. The minimum Gasteiger partial charge on any atom is -0.495 e. The summed E-state index contributed by atoms with van der Waals surface area (Å²) >= 11 is 6.31. The Morgan fingerprint density at radius 1 is 1.21 bits per heavy atom. The van der Waals surface area contributed by atoms with Gasteiger partial charge in [0.2, 0.25) is 5.91 Å². The van der Waals surface area contributed by atoms with Crippen molar-refractivity contribution >= 4 is 29.1 Å². The number of anilines is 1. The average molecular weight is 415 g/mol. The minimum atomic E-state index is -0.841. The molecule has 1 heterocycles. The van der Waals surface area contributed by atoms with E-state index in [1.54, 1.807) is 24.3 Å². The number of fused-ring (bicyclic) bond motifs is 1. The summed E-state index contributed by atoms with van der Waals surface area (Å²) in [6.45, 7) is -0.159. The zero-order valence-electron chi connectivity index (χ0n) is 16.2. The van der Waals surface area contributed by atoms with Crippen LogP contribution < -0.4 is 19.7 Å². The Morgan fingerprint density at radius 3 is 2.69 bits per heavy atom. The van der Waals surface area contributed by atoms with Crippen LogP contribution in [0, 0.1) is 0 Å². The molecule has 29 heavy (non-hydrogen) atoms. The third-order valence-corrected chi connectivity index (χ3v) is 5.75. The molecule has 0 spiro atoms. The van der Waals surface area contributed by atoms with E-state index >= 15 is 0 Å². The van der Waals surface area contributed by atoms with Crippen molar-refractivity contribution in [2.24, 2.45) is 0 Å². The Balaban J connectivity index is 1.78. The number of carbonyl (C=O) groups is 2. The second kappa shape index (κ2) is 8.33. The summed E-state index contributed by atoms with van der Waals surface area (Å²) in [5.41, 5.74) is 1.17. The van der Waals surface area contributed by atoms with Crippen LogP contribution in [0.1, 0.15) is 37.3 Å². The summed E-state index contributed by atoms with van der Waals surface area (Å²) < 4.78 is 10.9. The number of amides is 2. The van der Waals surface area contributed by atoms with Gasteiger partial charge in [0, 0.05) is 17.3 Å². The summed E-state index contributed by atoms with van der Waals surface area (Å²) in [6, 6.07) is 11.6. The molecule has 2 aliphatic rings. The van der Waals surface area contributed by atoms with Gasteiger partial charge in [-0.25, -0.2) is 0 Å². The van der Waals surface area contributed by atoms with Crippen LogP contribution in [0.2, 0.25) is 5.02 Å². The van der Waals surface area contributed by atoms with Crippen LogP contribution in [0.4, 0.5) is 5.69 Å². The van der Waals surface area contributed by atoms with Crippen molar-refractivity contribution in [3.63, 3.8) is 0 Å². The van der Waals surface area contributed by atoms with Gasteiger partial charge >= 0.3 is 0 Å². The van der Waals surface area contributed by atoms with Crippen LogP contribution in [0.5, 0.6) is 11.5 Å². The fraction of sp³-hybridized carbons (Fsp3) is 0.364. The maximum atomic E-state index is 13.4. The molecule has 7 heteroatoms. The zero-order valence-corrected chi connectivity index (χ0v) is 16.9. The van der Waals surface area contributed by atoms with Crippen molar-refractivity contribution in [2.75, 3.05) is 18.6 Å². The molecule has 2 amide bonds. The Morgan fingerprint density at radius 2 is 1.97 bits per heavy atom. The number of carbonyl (C=O) groups excluding carboxylic acids is 2. The largest absolute Gasteiger partial charge is 0.495 e. The lowest BCUT2D eigenvalue weighted by molar-refractivity contribution is -0.127. The number of halogens is 1. The summed E-state index contributed by atoms with van der Waals surface area (Å²) in [4.78, 5) is 27.9. The van der Waals surface area contributed by atoms with Crippen molar-refractivity contribution in [2.45, 2.75) is 37.8 Å². The molecule has 1 atom stereocenters. The second-order valence-electron chi connectivity index (χ2n) is 7.30. The molecule has 6 nitrogen and oxygen atoms in total. The second-order valence-corrected chi connectivity index (χ2v) is 7.71. The molecule has 1 unspecified atom stereocenters. The van der Waals surface area contributed by atoms with Crippen LogP contribution in [0.15, 0.2) is 42.5 Å². The standard InChI is InChI=1S/C22H23ClN2O4/c1-28-19-11-10-15(12-17(19)23)25-20(26)13-29-18-9-5-4-8-16(18)21(25)22(27)24-14-6-2-3-7-14/h4-5,8-12,14,21H,2-3,6-7,13H2,1H3,(H,24,27). The lowest BCUT2D eigenvalue weighted by atomic mass is 10.0. The Labute approximate surface area is 174 Å². The number of methoxy groups -OCH3 is 1. The van der Waals surface area contributed by atoms with Crippen molar-refractivity contribution in [1.82, 2.24) is 5.32 Å². The van der Waals surface area contributed by atoms with Gasteiger partial charge in [0.1, 0.15) is 17.5 Å². The molecule has 2 aromatic rings. The van der Waals surface area contributed by atoms with Crippen LogP contribution in [0.25, 0.3) is 0 Å². The topological polar surface area (TPSA) is 67.9 Å². The predicted molar refractivity (Wildman–Crippen MR) is 111 cm³/mol. The Kier molecular flexibility index (Phi) is 5.62. The number of nitrogens with zero attached hydrogens (tertiary/aromatic N) is 1. The number of ether oxygens (including phenoxy) is 2. The SMILES string of the molecule is COc1ccc(N2C(=O)COc3ccccc3C2C(=O)NC2CCCC2)cc1Cl. The number of hydrogen-bond donors (Lipinski definition) is 1. The molecule has 0 bridgehead atoms. The van der Waals surface area contributed by atoms with Crippen molar-refractivity contribution in [1.29, 1.82) is 0 Å². The number of para-hydroxylation sites is 1. The summed E-state index contributed by atoms with van der Waals surface area (Å²) in [5, 5.41) is 3.50. The molecule has 0 radical (unpaired) electrons. The van der Waals surface area contributed by atoms with E-state index in [-0.39, 0.29) is 24.5 Å². The highest BCUT2D eigenvalue weighted by Crippen LogP contribution is 2.38. The van der Waals surface area contributed by atoms with E-state index < -0.39 is 6.04 Å². The molecule has 4 rings (SSSR count). The number of hydrogen-bond acceptors (Lipinski definition) is 4. The molecule has 2 aromatic carbocycles. The highest BCUT2D eigenvalue weighted by Gasteiger charge is 2.38. The predicted octanol–water partition coefficient (Wildman–Crippen LogP) is 3.87. The summed E-state index contributed by atoms with van der Waals surface area (Å²) in [6.07, 6.45) is 4.12. The molecule has 0 saturated heterocycles. The van der Waals surface area contributed by atoms with Gasteiger partial charge in [-0.3, -0.25) is 14.5 Å². The summed E-state index contributed by atoms with van der Waals surface area (Å²) in [7, 11) is 1.53. The van der Waals surface area contributed by atoms with Gasteiger partial charge in [0.05, 0.1) is 12.1 Å². The van der Waals surface area contributed by atoms with Crippen LogP contribution in [-0.4, -0.2) is 31.6 Å². The molecule has 1 aliphatic heterocycles. The van der Waals surface area contributed by atoms with Gasteiger partial charge in [0.25, 0.3) is 5.91 Å². The highest BCUT2D eigenvalue weighted by atomic mass is 35.5. The molecular weight excluding hydrogens is 392 g/mol. The smallest absolute Gasteiger partial charge is 0.265 e. The van der Waals surface area contributed by atoms with Gasteiger partial charge in [-0.15, -0.1) is 0 Å². The van der Waals surface area contributed by atoms with Gasteiger partial charge in [-0.1, -0.05) is 42.6 Å². The molecule has 152 valence electrons. The first-order valence-corrected chi connectivity index (χ1v) is 10.1. The molecule has 1 N–H and O–H groups in total. The molecule has 0 aromatic heterocycles. The summed E-state index contributed by atoms with van der Waals surface area (Å²) in [5.74, 6) is 0.514. The van der Waals surface area contributed by atoms with Gasteiger partial charge in [-0.05, 0) is 37.1 Å². The normalized spacial score (nSPS) is 19.3. The van der Waals surface area contributed by atoms with E-state index in [1.165, 1.54) is 12.0 Å². The van der Waals surface area contributed by atoms with Crippen molar-refractivity contribution in [3.05, 3.63) is 53.1 Å². The zero-order chi connectivity index (χ0) is 20.4. The fourth-order valence-electron chi connectivity index (χ4n) is 4.04. The van der Waals surface area contributed by atoms with Crippen LogP contribution in [-0.2, 0) is 9.59 Å². The molecule has 1 saturated carbocycles. The molecular formula is C22H23ClN2O4. The Bertz CT molecular complexity index is 927. The van der Waals surface area contributed by atoms with Crippen molar-refractivity contribution in [3.8, 4) is 11.5 Å². The lowest BCUT2D eigenvalue weighted by Gasteiger charge is -2.30. The van der Waals surface area contributed by atoms with E-state index in [1.807, 2.05) is 18.2 Å². The van der Waals surface area contributed by atoms with E-state index in [0.717, 1.165) is 25.7 Å². The maximum Gasteiger partial charge on any atom is 0.265 e. The number of nitrogens with one attached hydrogen (secondary N) is 1. The minimum absolute atomic E-state index is 0.134. The van der Waals surface area contributed by atoms with E-state index in [2.05, 4.69) is 5.32 Å². The van der Waals surface area contributed by atoms with Crippen molar-refractivity contribution < 1.29 is 19.1 Å². The van der Waals surface area contributed by atoms with Gasteiger partial charge in [-0.2, -0.15) is 0 Å². The van der Waals surface area contributed by atoms with Crippen LogP contribution in [0.3, 0.4) is 0 Å². The Hall–Kier alpha value is -2.73. The van der Waals surface area contributed by atoms with Gasteiger partial charge < -0.3 is 14.8 Å². The third-order valence-electron chi connectivity index (χ3n) is 5.46. The van der Waals surface area contributed by atoms with E-state index in [4.69, 9.17) is 21.1 Å². The fourth-order valence-corrected chi connectivity index (χ4v) is 4.29. The quantitative estimate of drug-likeness (QED) is 0.824. The first kappa shape index (κ1) is 19.6. The maximum absolute atomic E-state index is 13.4. The van der Waals surface area contributed by atoms with E-state index in [0.29, 0.717) is 27.8 Å². The first-order valence-electron chi connectivity index (χ1n) is 9.76. The third kappa shape index (κ3) is 3.90. The van der Waals surface area contributed by atoms with Crippen LogP contribution >= 0.6 is 11.6 Å². The highest BCUT2D eigenvalue weighted by molar-refractivity contribution is 6.32. The van der Waals surface area contributed by atoms with Gasteiger partial charge in [0.15, 0.2) is 6.61 Å². The number of benzene rings is 2. The monoisotopic (exact) mass is 414 g/mol.